The van der Waals surface area contributed by atoms with E-state index in [9.17, 15) is 33.2 Å². The van der Waals surface area contributed by atoms with Crippen LogP contribution >= 0.6 is 0 Å². The average Bonchev–Trinajstić information content (AvgIpc) is 3.22. The van der Waals surface area contributed by atoms with E-state index in [1.165, 1.54) is 0 Å². The van der Waals surface area contributed by atoms with Crippen LogP contribution in [0.15, 0.2) is 77.7 Å². The Labute approximate surface area is 218 Å². The lowest BCUT2D eigenvalue weighted by Gasteiger charge is -2.17. The topological polar surface area (TPSA) is 165 Å². The van der Waals surface area contributed by atoms with Crippen molar-refractivity contribution in [3.63, 3.8) is 0 Å². The third-order valence-electron chi connectivity index (χ3n) is 6.25. The smallest absolute Gasteiger partial charge is 0.407 e. The molecule has 0 fully saturated rings. The Morgan fingerprint density at radius 3 is 2.11 bits per heavy atom. The van der Waals surface area contributed by atoms with E-state index in [0.717, 1.165) is 46.5 Å². The van der Waals surface area contributed by atoms with E-state index >= 15 is 0 Å². The van der Waals surface area contributed by atoms with Crippen LogP contribution in [-0.4, -0.2) is 49.7 Å². The maximum absolute atomic E-state index is 12.4. The van der Waals surface area contributed by atoms with Crippen molar-refractivity contribution >= 4 is 27.8 Å². The zero-order valence-electron chi connectivity index (χ0n) is 20.1. The second kappa shape index (κ2) is 11.4. The molecule has 3 aromatic rings. The number of rotatable bonds is 11. The van der Waals surface area contributed by atoms with Crippen molar-refractivity contribution in [1.82, 2.24) is 10.0 Å². The Morgan fingerprint density at radius 1 is 0.974 bits per heavy atom. The van der Waals surface area contributed by atoms with Gasteiger partial charge < -0.3 is 15.2 Å². The predicted molar refractivity (Wildman–Crippen MR) is 137 cm³/mol. The molecular weight excluding hydrogens is 514 g/mol. The Morgan fingerprint density at radius 2 is 1.55 bits per heavy atom. The number of carboxylic acid groups (broad SMARTS) is 1. The number of aliphatic carboxylic acids is 1. The molecule has 0 aliphatic heterocycles. The molecule has 0 saturated carbocycles. The molecule has 0 bridgehead atoms. The number of benzene rings is 3. The van der Waals surface area contributed by atoms with Crippen LogP contribution in [0, 0.1) is 10.1 Å². The van der Waals surface area contributed by atoms with Crippen molar-refractivity contribution in [2.75, 3.05) is 13.2 Å². The number of nitrogens with zero attached hydrogens (tertiary/aromatic N) is 1. The van der Waals surface area contributed by atoms with Gasteiger partial charge in [-0.15, -0.1) is 0 Å². The summed E-state index contributed by atoms with van der Waals surface area (Å²) in [5.74, 6) is -1.46. The first-order valence-corrected chi connectivity index (χ1v) is 13.2. The highest BCUT2D eigenvalue weighted by atomic mass is 32.2. The number of hydrogen-bond donors (Lipinski definition) is 3. The minimum Gasteiger partial charge on any atom is -0.480 e. The number of carboxylic acids is 1. The van der Waals surface area contributed by atoms with Crippen LogP contribution in [0.25, 0.3) is 11.1 Å². The van der Waals surface area contributed by atoms with Gasteiger partial charge in [0, 0.05) is 24.6 Å². The van der Waals surface area contributed by atoms with Gasteiger partial charge in [0.05, 0.1) is 9.82 Å². The first-order valence-electron chi connectivity index (χ1n) is 11.8. The van der Waals surface area contributed by atoms with Crippen LogP contribution in [0.2, 0.25) is 0 Å². The van der Waals surface area contributed by atoms with Gasteiger partial charge in [0.15, 0.2) is 0 Å². The zero-order valence-corrected chi connectivity index (χ0v) is 20.9. The first-order chi connectivity index (χ1) is 18.2. The fourth-order valence-corrected chi connectivity index (χ4v) is 5.46. The van der Waals surface area contributed by atoms with E-state index in [4.69, 9.17) is 4.74 Å². The maximum atomic E-state index is 12.4. The molecule has 0 unspecified atom stereocenters. The molecule has 198 valence electrons. The lowest BCUT2D eigenvalue weighted by molar-refractivity contribution is -0.384. The first kappa shape index (κ1) is 26.8. The molecule has 3 aromatic carbocycles. The van der Waals surface area contributed by atoms with Gasteiger partial charge in [-0.3, -0.25) is 10.1 Å². The molecule has 0 spiro atoms. The van der Waals surface area contributed by atoms with Gasteiger partial charge in [-0.1, -0.05) is 48.5 Å². The van der Waals surface area contributed by atoms with Crippen molar-refractivity contribution in [3.8, 4) is 11.1 Å². The molecular formula is C26H25N3O8S. The number of nitro groups is 1. The lowest BCUT2D eigenvalue weighted by atomic mass is 9.98. The van der Waals surface area contributed by atoms with Gasteiger partial charge in [-0.05, 0) is 47.2 Å². The second-order valence-corrected chi connectivity index (χ2v) is 10.4. The fraction of sp³-hybridized carbons (Fsp3) is 0.231. The number of nitrogens with one attached hydrogen (secondary N) is 2. The normalized spacial score (nSPS) is 13.3. The summed E-state index contributed by atoms with van der Waals surface area (Å²) < 4.78 is 32.4. The Bertz CT molecular complexity index is 1410. The zero-order chi connectivity index (χ0) is 27.3. The number of alkyl carbamates (subject to hydrolysis) is 1. The molecule has 0 aromatic heterocycles. The number of amides is 1. The molecule has 11 nitrogen and oxygen atoms in total. The molecule has 1 aliphatic carbocycles. The van der Waals surface area contributed by atoms with Crippen LogP contribution in [0.1, 0.15) is 29.9 Å². The van der Waals surface area contributed by atoms with Crippen molar-refractivity contribution < 1.29 is 32.8 Å². The highest BCUT2D eigenvalue weighted by Gasteiger charge is 2.29. The molecule has 1 atom stereocenters. The number of carbonyl (C=O) groups excluding carboxylic acids is 1. The van der Waals surface area contributed by atoms with Gasteiger partial charge in [-0.2, -0.15) is 0 Å². The summed E-state index contributed by atoms with van der Waals surface area (Å²) in [4.78, 5) is 34.0. The highest BCUT2D eigenvalue weighted by Crippen LogP contribution is 2.44. The number of hydrogen-bond acceptors (Lipinski definition) is 7. The van der Waals surface area contributed by atoms with Gasteiger partial charge in [0.2, 0.25) is 10.0 Å². The Balaban J connectivity index is 1.28. The van der Waals surface area contributed by atoms with Crippen LogP contribution in [-0.2, 0) is 19.6 Å². The third kappa shape index (κ3) is 5.98. The molecule has 0 heterocycles. The molecule has 38 heavy (non-hydrogen) atoms. The van der Waals surface area contributed by atoms with Gasteiger partial charge in [-0.25, -0.2) is 22.7 Å². The summed E-state index contributed by atoms with van der Waals surface area (Å²) in [7, 11) is -3.94. The molecule has 0 radical (unpaired) electrons. The Hall–Kier alpha value is -4.29. The summed E-state index contributed by atoms with van der Waals surface area (Å²) in [5.41, 5.74) is 3.94. The predicted octanol–water partition coefficient (Wildman–Crippen LogP) is 3.65. The number of ether oxygens (including phenoxy) is 1. The average molecular weight is 540 g/mol. The van der Waals surface area contributed by atoms with E-state index in [2.05, 4.69) is 10.0 Å². The molecule has 0 saturated heterocycles. The van der Waals surface area contributed by atoms with Crippen molar-refractivity contribution in [1.29, 1.82) is 0 Å². The van der Waals surface area contributed by atoms with Crippen molar-refractivity contribution in [2.45, 2.75) is 29.7 Å². The number of non-ortho nitro benzene ring substituents is 1. The molecule has 1 amide bonds. The SMILES string of the molecule is O=C(N[C@@H](CCCNS(=O)(=O)c1ccc([N+](=O)[O-])cc1)C(=O)O)OCC1c2ccccc2-c2ccccc21. The summed E-state index contributed by atoms with van der Waals surface area (Å²) in [6, 6.07) is 18.7. The van der Waals surface area contributed by atoms with Crippen molar-refractivity contribution in [2.24, 2.45) is 0 Å². The van der Waals surface area contributed by atoms with Crippen LogP contribution in [0.3, 0.4) is 0 Å². The van der Waals surface area contributed by atoms with Gasteiger partial charge in [0.25, 0.3) is 5.69 Å². The monoisotopic (exact) mass is 539 g/mol. The highest BCUT2D eigenvalue weighted by molar-refractivity contribution is 7.89. The van der Waals surface area contributed by atoms with Crippen LogP contribution in [0.5, 0.6) is 0 Å². The summed E-state index contributed by atoms with van der Waals surface area (Å²) in [6.07, 6.45) is -0.833. The van der Waals surface area contributed by atoms with Gasteiger partial charge >= 0.3 is 12.1 Å². The van der Waals surface area contributed by atoms with Crippen LogP contribution in [0.4, 0.5) is 10.5 Å². The van der Waals surface area contributed by atoms with E-state index < -0.39 is 33.1 Å². The quantitative estimate of drug-likeness (QED) is 0.189. The number of carbonyl (C=O) groups is 2. The maximum Gasteiger partial charge on any atom is 0.407 e. The van der Waals surface area contributed by atoms with Gasteiger partial charge in [0.1, 0.15) is 12.6 Å². The van der Waals surface area contributed by atoms with Crippen LogP contribution < -0.4 is 10.0 Å². The molecule has 12 heteroatoms. The van der Waals surface area contributed by atoms with E-state index in [0.29, 0.717) is 0 Å². The third-order valence-corrected chi connectivity index (χ3v) is 7.73. The van der Waals surface area contributed by atoms with E-state index in [1.54, 1.807) is 0 Å². The number of sulfonamides is 1. The molecule has 3 N–H and O–H groups in total. The standard InChI is InChI=1S/C26H25N3O8S/c30-25(31)24(10-5-15-27-38(35,36)18-13-11-17(12-14-18)29(33)34)28-26(32)37-16-23-21-8-3-1-6-19(21)20-7-2-4-9-22(20)23/h1-4,6-9,11-14,23-24,27H,5,10,15-16H2,(H,28,32)(H,30,31)/t24-/m0/s1. The summed E-state index contributed by atoms with van der Waals surface area (Å²) >= 11 is 0. The second-order valence-electron chi connectivity index (χ2n) is 8.65. The number of fused-ring (bicyclic) bond motifs is 3. The molecule has 4 rings (SSSR count). The number of nitro benzene ring substituents is 1. The fourth-order valence-electron chi connectivity index (χ4n) is 4.38. The largest absolute Gasteiger partial charge is 0.480 e. The lowest BCUT2D eigenvalue weighted by Crippen LogP contribution is -2.42. The summed E-state index contributed by atoms with van der Waals surface area (Å²) in [6.45, 7) is -0.0727. The molecule has 1 aliphatic rings. The summed E-state index contributed by atoms with van der Waals surface area (Å²) in [5, 5.41) is 22.6. The Kier molecular flexibility index (Phi) is 8.03. The van der Waals surface area contributed by atoms with E-state index in [1.807, 2.05) is 48.5 Å². The minimum absolute atomic E-state index is 0.0290. The minimum atomic E-state index is -3.94. The van der Waals surface area contributed by atoms with Crippen molar-refractivity contribution in [3.05, 3.63) is 94.0 Å². The van der Waals surface area contributed by atoms with E-state index in [-0.39, 0.29) is 42.5 Å².